The molecule has 1 N–H and O–H groups in total. The maximum absolute atomic E-state index is 3.58. The molecule has 1 heterocycles. The van der Waals surface area contributed by atoms with Crippen molar-refractivity contribution in [2.24, 2.45) is 5.41 Å². The predicted molar refractivity (Wildman–Crippen MR) is 85.7 cm³/mol. The fourth-order valence-corrected chi connectivity index (χ4v) is 3.32. The molecular weight excluding hydrogens is 232 g/mol. The van der Waals surface area contributed by atoms with Crippen molar-refractivity contribution in [1.82, 2.24) is 10.2 Å². The maximum Gasteiger partial charge on any atom is 0.00391 e. The highest BCUT2D eigenvalue weighted by Crippen LogP contribution is 2.37. The molecule has 0 aromatic heterocycles. The van der Waals surface area contributed by atoms with Crippen molar-refractivity contribution >= 4 is 0 Å². The molecule has 114 valence electrons. The van der Waals surface area contributed by atoms with Crippen molar-refractivity contribution in [2.45, 2.75) is 78.7 Å². The first-order valence-corrected chi connectivity index (χ1v) is 8.61. The van der Waals surface area contributed by atoms with Crippen LogP contribution in [0.4, 0.5) is 0 Å². The molecule has 0 aromatic rings. The van der Waals surface area contributed by atoms with Gasteiger partial charge in [-0.1, -0.05) is 33.6 Å². The quantitative estimate of drug-likeness (QED) is 0.678. The Labute approximate surface area is 121 Å². The number of nitrogens with one attached hydrogen (secondary N) is 1. The average Bonchev–Trinajstić information content (AvgIpc) is 2.46. The molecule has 0 bridgehead atoms. The van der Waals surface area contributed by atoms with Gasteiger partial charge in [0.1, 0.15) is 0 Å². The zero-order valence-corrected chi connectivity index (χ0v) is 13.8. The Morgan fingerprint density at radius 3 is 2.26 bits per heavy atom. The van der Waals surface area contributed by atoms with Crippen LogP contribution in [0.25, 0.3) is 0 Å². The van der Waals surface area contributed by atoms with E-state index in [1.54, 1.807) is 0 Å². The van der Waals surface area contributed by atoms with Gasteiger partial charge in [-0.15, -0.1) is 0 Å². The van der Waals surface area contributed by atoms with E-state index in [-0.39, 0.29) is 0 Å². The van der Waals surface area contributed by atoms with Crippen LogP contribution in [0.5, 0.6) is 0 Å². The van der Waals surface area contributed by atoms with Crippen LogP contribution in [0.3, 0.4) is 0 Å². The van der Waals surface area contributed by atoms with Gasteiger partial charge in [-0.3, -0.25) is 0 Å². The minimum Gasteiger partial charge on any atom is -0.314 e. The third kappa shape index (κ3) is 5.83. The molecule has 2 nitrogen and oxygen atoms in total. The second-order valence-corrected chi connectivity index (χ2v) is 6.55. The largest absolute Gasteiger partial charge is 0.314 e. The topological polar surface area (TPSA) is 15.3 Å². The molecule has 0 saturated carbocycles. The van der Waals surface area contributed by atoms with Crippen molar-refractivity contribution in [1.29, 1.82) is 0 Å². The summed E-state index contributed by atoms with van der Waals surface area (Å²) in [5, 5.41) is 3.58. The number of nitrogens with zero attached hydrogens (tertiary/aromatic N) is 1. The van der Waals surface area contributed by atoms with Crippen molar-refractivity contribution in [2.75, 3.05) is 26.2 Å². The van der Waals surface area contributed by atoms with E-state index < -0.39 is 0 Å². The molecule has 1 saturated heterocycles. The van der Waals surface area contributed by atoms with Crippen LogP contribution in [-0.4, -0.2) is 37.1 Å². The molecule has 1 unspecified atom stereocenters. The molecule has 1 fully saturated rings. The lowest BCUT2D eigenvalue weighted by Gasteiger charge is -2.41. The minimum absolute atomic E-state index is 0.673. The van der Waals surface area contributed by atoms with Gasteiger partial charge in [0.15, 0.2) is 0 Å². The fourth-order valence-electron chi connectivity index (χ4n) is 3.32. The second-order valence-electron chi connectivity index (χ2n) is 6.55. The van der Waals surface area contributed by atoms with Crippen LogP contribution in [0.15, 0.2) is 0 Å². The van der Waals surface area contributed by atoms with Gasteiger partial charge in [-0.2, -0.15) is 0 Å². The zero-order valence-electron chi connectivity index (χ0n) is 13.8. The van der Waals surface area contributed by atoms with Crippen LogP contribution in [0.2, 0.25) is 0 Å². The summed E-state index contributed by atoms with van der Waals surface area (Å²) in [7, 11) is 0. The smallest absolute Gasteiger partial charge is 0.00391 e. The van der Waals surface area contributed by atoms with E-state index in [2.05, 4.69) is 37.9 Å². The van der Waals surface area contributed by atoms with E-state index in [4.69, 9.17) is 0 Å². The van der Waals surface area contributed by atoms with Crippen LogP contribution in [-0.2, 0) is 0 Å². The molecule has 2 heteroatoms. The Balaban J connectivity index is 2.12. The van der Waals surface area contributed by atoms with E-state index in [9.17, 15) is 0 Å². The van der Waals surface area contributed by atoms with Crippen molar-refractivity contribution < 1.29 is 0 Å². The Morgan fingerprint density at radius 1 is 1.11 bits per heavy atom. The van der Waals surface area contributed by atoms with Crippen molar-refractivity contribution in [3.63, 3.8) is 0 Å². The Bertz CT molecular complexity index is 213. The lowest BCUT2D eigenvalue weighted by molar-refractivity contribution is 0.0939. The number of hydrogen-bond donors (Lipinski definition) is 1. The molecule has 1 atom stereocenters. The molecule has 1 aliphatic rings. The standard InChI is InChI=1S/C17H36N2/c1-5-12-18-16(4)9-8-13-19-14-10-17(6-2,7-3)11-15-19/h16,18H,5-15H2,1-4H3. The van der Waals surface area contributed by atoms with E-state index in [1.807, 2.05) is 0 Å². The third-order valence-electron chi connectivity index (χ3n) is 5.27. The molecule has 1 aliphatic heterocycles. The Morgan fingerprint density at radius 2 is 1.74 bits per heavy atom. The highest BCUT2D eigenvalue weighted by atomic mass is 15.1. The summed E-state index contributed by atoms with van der Waals surface area (Å²) in [4.78, 5) is 2.69. The zero-order chi connectivity index (χ0) is 14.1. The first-order valence-electron chi connectivity index (χ1n) is 8.61. The van der Waals surface area contributed by atoms with Gasteiger partial charge in [-0.25, -0.2) is 0 Å². The van der Waals surface area contributed by atoms with E-state index >= 15 is 0 Å². The maximum atomic E-state index is 3.58. The van der Waals surface area contributed by atoms with Crippen molar-refractivity contribution in [3.05, 3.63) is 0 Å². The second kappa shape index (κ2) is 8.97. The van der Waals surface area contributed by atoms with E-state index in [1.165, 1.54) is 71.1 Å². The molecule has 1 rings (SSSR count). The Hall–Kier alpha value is -0.0800. The molecule has 0 aliphatic carbocycles. The number of piperidine rings is 1. The first kappa shape index (κ1) is 17.0. The monoisotopic (exact) mass is 268 g/mol. The van der Waals surface area contributed by atoms with Gasteiger partial charge in [0, 0.05) is 6.04 Å². The van der Waals surface area contributed by atoms with Gasteiger partial charge in [-0.05, 0) is 70.6 Å². The molecule has 0 amide bonds. The average molecular weight is 268 g/mol. The van der Waals surface area contributed by atoms with E-state index in [0.29, 0.717) is 11.5 Å². The molecule has 0 aromatic carbocycles. The summed E-state index contributed by atoms with van der Waals surface area (Å²) in [5.41, 5.74) is 0.673. The van der Waals surface area contributed by atoms with E-state index in [0.717, 1.165) is 0 Å². The summed E-state index contributed by atoms with van der Waals surface area (Å²) >= 11 is 0. The third-order valence-corrected chi connectivity index (χ3v) is 5.27. The lowest BCUT2D eigenvalue weighted by Crippen LogP contribution is -2.40. The predicted octanol–water partition coefficient (Wildman–Crippen LogP) is 4.06. The van der Waals surface area contributed by atoms with Gasteiger partial charge >= 0.3 is 0 Å². The van der Waals surface area contributed by atoms with Gasteiger partial charge in [0.25, 0.3) is 0 Å². The molecular formula is C17H36N2. The molecule has 0 spiro atoms. The summed E-state index contributed by atoms with van der Waals surface area (Å²) in [5.74, 6) is 0. The number of hydrogen-bond acceptors (Lipinski definition) is 2. The summed E-state index contributed by atoms with van der Waals surface area (Å²) in [6, 6.07) is 0.690. The van der Waals surface area contributed by atoms with Crippen LogP contribution >= 0.6 is 0 Å². The van der Waals surface area contributed by atoms with Gasteiger partial charge in [0.05, 0.1) is 0 Å². The molecule has 0 radical (unpaired) electrons. The molecule has 19 heavy (non-hydrogen) atoms. The number of likely N-dealkylation sites (tertiary alicyclic amines) is 1. The minimum atomic E-state index is 0.673. The summed E-state index contributed by atoms with van der Waals surface area (Å²) in [6.07, 6.45) is 9.50. The van der Waals surface area contributed by atoms with Crippen LogP contribution in [0, 0.1) is 5.41 Å². The van der Waals surface area contributed by atoms with Crippen LogP contribution in [0.1, 0.15) is 72.6 Å². The Kier molecular flexibility index (Phi) is 8.01. The number of rotatable bonds is 9. The SMILES string of the molecule is CCCNC(C)CCCN1CCC(CC)(CC)CC1. The highest BCUT2D eigenvalue weighted by Gasteiger charge is 2.30. The lowest BCUT2D eigenvalue weighted by atomic mass is 9.74. The van der Waals surface area contributed by atoms with Crippen LogP contribution < -0.4 is 5.32 Å². The first-order chi connectivity index (χ1) is 9.15. The highest BCUT2D eigenvalue weighted by molar-refractivity contribution is 4.84. The summed E-state index contributed by atoms with van der Waals surface area (Å²) in [6.45, 7) is 14.5. The normalized spacial score (nSPS) is 21.5. The van der Waals surface area contributed by atoms with Gasteiger partial charge in [0.2, 0.25) is 0 Å². The fraction of sp³-hybridized carbons (Fsp3) is 1.00. The summed E-state index contributed by atoms with van der Waals surface area (Å²) < 4.78 is 0. The van der Waals surface area contributed by atoms with Gasteiger partial charge < -0.3 is 10.2 Å². The van der Waals surface area contributed by atoms with Crippen molar-refractivity contribution in [3.8, 4) is 0 Å².